The molecule has 4 rings (SSSR count). The van der Waals surface area contributed by atoms with Crippen molar-refractivity contribution in [3.05, 3.63) is 65.9 Å². The Labute approximate surface area is 187 Å². The first kappa shape index (κ1) is 21.7. The van der Waals surface area contributed by atoms with Crippen molar-refractivity contribution >= 4 is 22.9 Å². The third-order valence-corrected chi connectivity index (χ3v) is 6.05. The zero-order valence-electron chi connectivity index (χ0n) is 18.5. The molecule has 2 aromatic carbocycles. The fourth-order valence-electron chi connectivity index (χ4n) is 4.38. The van der Waals surface area contributed by atoms with Gasteiger partial charge in [-0.3, -0.25) is 4.79 Å². The van der Waals surface area contributed by atoms with Crippen LogP contribution in [0.15, 0.2) is 54.7 Å². The predicted octanol–water partition coefficient (Wildman–Crippen LogP) is 4.00. The van der Waals surface area contributed by atoms with Crippen LogP contribution >= 0.6 is 0 Å². The van der Waals surface area contributed by atoms with Gasteiger partial charge in [0.15, 0.2) is 0 Å². The van der Waals surface area contributed by atoms with Crippen LogP contribution in [0, 0.1) is 0 Å². The molecule has 1 saturated heterocycles. The number of hydrogen-bond acceptors (Lipinski definition) is 4. The average molecular weight is 436 g/mol. The number of carbonyl (C=O) groups is 2. The minimum absolute atomic E-state index is 0.0645. The van der Waals surface area contributed by atoms with E-state index in [1.807, 2.05) is 53.6 Å². The van der Waals surface area contributed by atoms with E-state index in [1.54, 1.807) is 18.9 Å². The monoisotopic (exact) mass is 435 g/mol. The summed E-state index contributed by atoms with van der Waals surface area (Å²) in [6, 6.07) is 16.0. The molecule has 0 saturated carbocycles. The van der Waals surface area contributed by atoms with Crippen molar-refractivity contribution in [2.45, 2.75) is 19.3 Å². The molecule has 0 bridgehead atoms. The second kappa shape index (κ2) is 9.77. The number of carbonyl (C=O) groups excluding carboxylic acids is 2. The Bertz CT molecular complexity index is 1090. The highest BCUT2D eigenvalue weighted by Gasteiger charge is 2.29. The van der Waals surface area contributed by atoms with E-state index in [2.05, 4.69) is 11.1 Å². The molecule has 2 amide bonds. The van der Waals surface area contributed by atoms with Crippen molar-refractivity contribution in [2.24, 2.45) is 0 Å². The molecule has 7 nitrogen and oxygen atoms in total. The molecular weight excluding hydrogens is 406 g/mol. The quantitative estimate of drug-likeness (QED) is 0.635. The number of H-pyrrole nitrogens is 1. The molecule has 1 aliphatic rings. The summed E-state index contributed by atoms with van der Waals surface area (Å²) >= 11 is 0. The number of fused-ring (bicyclic) bond motifs is 1. The molecular formula is C25H29N3O4. The van der Waals surface area contributed by atoms with Crippen LogP contribution in [0.4, 0.5) is 4.79 Å². The van der Waals surface area contributed by atoms with Crippen molar-refractivity contribution in [3.63, 3.8) is 0 Å². The van der Waals surface area contributed by atoms with E-state index in [1.165, 1.54) is 0 Å². The van der Waals surface area contributed by atoms with Crippen LogP contribution < -0.4 is 4.74 Å². The Morgan fingerprint density at radius 3 is 2.41 bits per heavy atom. The lowest BCUT2D eigenvalue weighted by Gasteiger charge is -2.35. The Kier molecular flexibility index (Phi) is 6.63. The molecule has 7 heteroatoms. The van der Waals surface area contributed by atoms with Gasteiger partial charge < -0.3 is 24.3 Å². The number of ether oxygens (including phenoxy) is 2. The Balaban J connectivity index is 1.58. The summed E-state index contributed by atoms with van der Waals surface area (Å²) in [4.78, 5) is 32.2. The van der Waals surface area contributed by atoms with Crippen molar-refractivity contribution in [3.8, 4) is 5.75 Å². The second-order valence-electron chi connectivity index (χ2n) is 7.86. The number of nitrogens with one attached hydrogen (secondary N) is 1. The van der Waals surface area contributed by atoms with E-state index in [4.69, 9.17) is 9.47 Å². The van der Waals surface area contributed by atoms with Gasteiger partial charge in [0, 0.05) is 61.2 Å². The molecule has 3 aromatic rings. The topological polar surface area (TPSA) is 74.9 Å². The number of methoxy groups -OCH3 is 1. The standard InChI is InChI=1S/C25H29N3O4/c1-3-32-25(30)28-14-12-27(13-15-28)24(29)16-20(19-9-5-7-11-23(19)31-2)21-17-26-22-10-6-4-8-18(21)22/h4-11,17,20,26H,3,12-16H2,1-2H3/t20-/m0/s1. The van der Waals surface area contributed by atoms with Crippen molar-refractivity contribution in [1.82, 2.24) is 14.8 Å². The third-order valence-electron chi connectivity index (χ3n) is 6.05. The van der Waals surface area contributed by atoms with Crippen LogP contribution in [0.5, 0.6) is 5.75 Å². The fraction of sp³-hybridized carbons (Fsp3) is 0.360. The van der Waals surface area contributed by atoms with Crippen LogP contribution in [0.2, 0.25) is 0 Å². The molecule has 0 aliphatic carbocycles. The Morgan fingerprint density at radius 1 is 0.969 bits per heavy atom. The van der Waals surface area contributed by atoms with Gasteiger partial charge in [0.05, 0.1) is 13.7 Å². The molecule has 1 N–H and O–H groups in total. The van der Waals surface area contributed by atoms with E-state index in [0.717, 1.165) is 27.8 Å². The number of rotatable bonds is 6. The lowest BCUT2D eigenvalue weighted by Crippen LogP contribution is -2.50. The first-order chi connectivity index (χ1) is 15.6. The maximum absolute atomic E-state index is 13.4. The van der Waals surface area contributed by atoms with Crippen LogP contribution in [0.1, 0.15) is 30.4 Å². The molecule has 168 valence electrons. The minimum atomic E-state index is -0.315. The average Bonchev–Trinajstić information content (AvgIpc) is 3.26. The van der Waals surface area contributed by atoms with E-state index >= 15 is 0 Å². The zero-order valence-corrected chi connectivity index (χ0v) is 18.5. The largest absolute Gasteiger partial charge is 0.496 e. The molecule has 1 fully saturated rings. The summed E-state index contributed by atoms with van der Waals surface area (Å²) in [5.74, 6) is 0.676. The number of amides is 2. The molecule has 0 radical (unpaired) electrons. The van der Waals surface area contributed by atoms with Gasteiger partial charge in [-0.25, -0.2) is 4.79 Å². The Hall–Kier alpha value is -3.48. The highest BCUT2D eigenvalue weighted by Crippen LogP contribution is 2.38. The second-order valence-corrected chi connectivity index (χ2v) is 7.86. The summed E-state index contributed by atoms with van der Waals surface area (Å²) in [6.07, 6.45) is 2.00. The number of para-hydroxylation sites is 2. The molecule has 0 unspecified atom stereocenters. The molecule has 0 spiro atoms. The summed E-state index contributed by atoms with van der Waals surface area (Å²) < 4.78 is 10.7. The maximum Gasteiger partial charge on any atom is 0.409 e. The number of nitrogens with zero attached hydrogens (tertiary/aromatic N) is 2. The van der Waals surface area contributed by atoms with Gasteiger partial charge in [0.2, 0.25) is 5.91 Å². The number of benzene rings is 2. The first-order valence-corrected chi connectivity index (χ1v) is 11.0. The van der Waals surface area contributed by atoms with Crippen LogP contribution in [-0.4, -0.2) is 66.7 Å². The summed E-state index contributed by atoms with van der Waals surface area (Å²) in [7, 11) is 1.65. The van der Waals surface area contributed by atoms with Crippen molar-refractivity contribution < 1.29 is 19.1 Å². The van der Waals surface area contributed by atoms with Crippen molar-refractivity contribution in [2.75, 3.05) is 39.9 Å². The lowest BCUT2D eigenvalue weighted by molar-refractivity contribution is -0.133. The van der Waals surface area contributed by atoms with E-state index in [0.29, 0.717) is 39.2 Å². The SMILES string of the molecule is CCOC(=O)N1CCN(C(=O)C[C@@H](c2ccccc2OC)c2c[nH]c3ccccc23)CC1. The Morgan fingerprint density at radius 2 is 1.66 bits per heavy atom. The van der Waals surface area contributed by atoms with Crippen LogP contribution in [0.25, 0.3) is 10.9 Å². The first-order valence-electron chi connectivity index (χ1n) is 11.0. The van der Waals surface area contributed by atoms with Gasteiger partial charge in [-0.2, -0.15) is 0 Å². The zero-order chi connectivity index (χ0) is 22.5. The van der Waals surface area contributed by atoms with Crippen LogP contribution in [0.3, 0.4) is 0 Å². The van der Waals surface area contributed by atoms with Gasteiger partial charge in [-0.15, -0.1) is 0 Å². The van der Waals surface area contributed by atoms with E-state index < -0.39 is 0 Å². The van der Waals surface area contributed by atoms with Crippen LogP contribution in [-0.2, 0) is 9.53 Å². The van der Waals surface area contributed by atoms with Gasteiger partial charge in [-0.1, -0.05) is 36.4 Å². The molecule has 1 aliphatic heterocycles. The van der Waals surface area contributed by atoms with Gasteiger partial charge in [-0.05, 0) is 24.6 Å². The summed E-state index contributed by atoms with van der Waals surface area (Å²) in [5, 5.41) is 1.10. The number of aromatic amines is 1. The van der Waals surface area contributed by atoms with E-state index in [-0.39, 0.29) is 17.9 Å². The summed E-state index contributed by atoms with van der Waals surface area (Å²) in [5.41, 5.74) is 3.10. The highest BCUT2D eigenvalue weighted by molar-refractivity contribution is 5.86. The van der Waals surface area contributed by atoms with Gasteiger partial charge in [0.1, 0.15) is 5.75 Å². The minimum Gasteiger partial charge on any atom is -0.496 e. The number of hydrogen-bond donors (Lipinski definition) is 1. The van der Waals surface area contributed by atoms with Gasteiger partial charge >= 0.3 is 6.09 Å². The third kappa shape index (κ3) is 4.42. The molecule has 1 aromatic heterocycles. The number of piperazine rings is 1. The van der Waals surface area contributed by atoms with E-state index in [9.17, 15) is 9.59 Å². The molecule has 2 heterocycles. The maximum atomic E-state index is 13.4. The molecule has 32 heavy (non-hydrogen) atoms. The fourth-order valence-corrected chi connectivity index (χ4v) is 4.38. The lowest BCUT2D eigenvalue weighted by atomic mass is 9.87. The van der Waals surface area contributed by atoms with Crippen molar-refractivity contribution in [1.29, 1.82) is 0 Å². The van der Waals surface area contributed by atoms with Gasteiger partial charge in [0.25, 0.3) is 0 Å². The number of aromatic nitrogens is 1. The smallest absolute Gasteiger partial charge is 0.409 e. The highest BCUT2D eigenvalue weighted by atomic mass is 16.6. The normalized spacial score (nSPS) is 14.9. The summed E-state index contributed by atoms with van der Waals surface area (Å²) in [6.45, 7) is 4.12. The molecule has 1 atom stereocenters. The predicted molar refractivity (Wildman–Crippen MR) is 123 cm³/mol.